The number of halogens is 1. The summed E-state index contributed by atoms with van der Waals surface area (Å²) < 4.78 is 26.6. The van der Waals surface area contributed by atoms with Crippen molar-refractivity contribution in [2.45, 2.75) is 23.2 Å². The number of carbonyl (C=O) groups is 1. The molecule has 1 atom stereocenters. The van der Waals surface area contributed by atoms with Crippen LogP contribution in [0.25, 0.3) is 0 Å². The predicted molar refractivity (Wildman–Crippen MR) is 128 cm³/mol. The second kappa shape index (κ2) is 10.0. The van der Waals surface area contributed by atoms with E-state index in [1.54, 1.807) is 48.0 Å². The SMILES string of the molecule is C#CCOc1ccc(C2CC(=O)Nc3c2c(=O)nc(SCc2ccccc2F)n3C)cc1OC. The number of fused-ring (bicyclic) bond motifs is 1. The molecule has 1 N–H and O–H groups in total. The number of amides is 1. The van der Waals surface area contributed by atoms with Crippen LogP contribution in [0.2, 0.25) is 0 Å². The van der Waals surface area contributed by atoms with Gasteiger partial charge in [0.2, 0.25) is 5.91 Å². The molecule has 34 heavy (non-hydrogen) atoms. The van der Waals surface area contributed by atoms with Gasteiger partial charge in [0.25, 0.3) is 5.56 Å². The summed E-state index contributed by atoms with van der Waals surface area (Å²) in [6.45, 7) is 0.0855. The molecule has 1 aliphatic heterocycles. The molecule has 2 heterocycles. The van der Waals surface area contributed by atoms with Gasteiger partial charge >= 0.3 is 0 Å². The van der Waals surface area contributed by atoms with Gasteiger partial charge in [-0.25, -0.2) is 4.39 Å². The summed E-state index contributed by atoms with van der Waals surface area (Å²) >= 11 is 1.22. The number of anilines is 1. The van der Waals surface area contributed by atoms with E-state index in [9.17, 15) is 14.0 Å². The summed E-state index contributed by atoms with van der Waals surface area (Å²) in [4.78, 5) is 30.0. The van der Waals surface area contributed by atoms with Crippen LogP contribution in [0.15, 0.2) is 52.4 Å². The van der Waals surface area contributed by atoms with Crippen LogP contribution in [-0.2, 0) is 17.6 Å². The maximum absolute atomic E-state index is 14.0. The first-order chi connectivity index (χ1) is 16.4. The molecule has 0 spiro atoms. The number of hydrogen-bond acceptors (Lipinski definition) is 6. The number of methoxy groups -OCH3 is 1. The van der Waals surface area contributed by atoms with E-state index in [1.165, 1.54) is 24.9 Å². The van der Waals surface area contributed by atoms with E-state index in [0.29, 0.717) is 44.9 Å². The fourth-order valence-corrected chi connectivity index (χ4v) is 4.80. The lowest BCUT2D eigenvalue weighted by Crippen LogP contribution is -2.33. The number of ether oxygens (including phenoxy) is 2. The first kappa shape index (κ1) is 23.4. The second-order valence-electron chi connectivity index (χ2n) is 7.61. The van der Waals surface area contributed by atoms with Gasteiger partial charge in [-0.2, -0.15) is 4.98 Å². The number of nitrogens with one attached hydrogen (secondary N) is 1. The molecule has 1 unspecified atom stereocenters. The van der Waals surface area contributed by atoms with E-state index in [1.807, 2.05) is 0 Å². The monoisotopic (exact) mass is 479 g/mol. The molecule has 0 bridgehead atoms. The average Bonchev–Trinajstić information content (AvgIpc) is 2.84. The van der Waals surface area contributed by atoms with Crippen molar-refractivity contribution in [3.63, 3.8) is 0 Å². The van der Waals surface area contributed by atoms with Crippen LogP contribution in [0.1, 0.15) is 29.0 Å². The van der Waals surface area contributed by atoms with Crippen LogP contribution < -0.4 is 20.3 Å². The molecule has 1 aromatic heterocycles. The number of carbonyl (C=O) groups excluding carboxylic acids is 1. The van der Waals surface area contributed by atoms with Gasteiger partial charge in [0, 0.05) is 25.1 Å². The lowest BCUT2D eigenvalue weighted by atomic mass is 9.86. The van der Waals surface area contributed by atoms with Gasteiger partial charge in [0.15, 0.2) is 16.7 Å². The molecule has 3 aromatic rings. The van der Waals surface area contributed by atoms with E-state index in [-0.39, 0.29) is 24.8 Å². The third-order valence-electron chi connectivity index (χ3n) is 5.52. The summed E-state index contributed by atoms with van der Waals surface area (Å²) in [5, 5.41) is 3.18. The van der Waals surface area contributed by atoms with Gasteiger partial charge in [0.05, 0.1) is 12.7 Å². The van der Waals surface area contributed by atoms with Crippen molar-refractivity contribution < 1.29 is 18.7 Å². The Morgan fingerprint density at radius 1 is 1.26 bits per heavy atom. The van der Waals surface area contributed by atoms with Crippen molar-refractivity contribution in [2.75, 3.05) is 19.0 Å². The van der Waals surface area contributed by atoms with Gasteiger partial charge in [-0.15, -0.1) is 6.42 Å². The fourth-order valence-electron chi connectivity index (χ4n) is 3.85. The lowest BCUT2D eigenvalue weighted by Gasteiger charge is -2.28. The van der Waals surface area contributed by atoms with E-state index < -0.39 is 11.5 Å². The van der Waals surface area contributed by atoms with E-state index in [0.717, 1.165) is 0 Å². The van der Waals surface area contributed by atoms with Crippen molar-refractivity contribution in [3.05, 3.63) is 75.3 Å². The van der Waals surface area contributed by atoms with Crippen molar-refractivity contribution >= 4 is 23.5 Å². The first-order valence-electron chi connectivity index (χ1n) is 10.4. The fraction of sp³-hybridized carbons (Fsp3) is 0.240. The van der Waals surface area contributed by atoms with Crippen LogP contribution >= 0.6 is 11.8 Å². The largest absolute Gasteiger partial charge is 0.493 e. The van der Waals surface area contributed by atoms with Gasteiger partial charge in [-0.1, -0.05) is 41.9 Å². The lowest BCUT2D eigenvalue weighted by molar-refractivity contribution is -0.116. The number of nitrogens with zero attached hydrogens (tertiary/aromatic N) is 2. The zero-order chi connectivity index (χ0) is 24.2. The second-order valence-corrected chi connectivity index (χ2v) is 8.55. The zero-order valence-electron chi connectivity index (χ0n) is 18.6. The minimum absolute atomic E-state index is 0.0827. The van der Waals surface area contributed by atoms with Crippen molar-refractivity contribution in [2.24, 2.45) is 7.05 Å². The molecule has 2 aromatic carbocycles. The van der Waals surface area contributed by atoms with Crippen molar-refractivity contribution in [1.82, 2.24) is 9.55 Å². The topological polar surface area (TPSA) is 82.5 Å². The van der Waals surface area contributed by atoms with Gasteiger partial charge in [0.1, 0.15) is 18.2 Å². The maximum atomic E-state index is 14.0. The molecule has 1 aliphatic rings. The Kier molecular flexibility index (Phi) is 6.89. The maximum Gasteiger partial charge on any atom is 0.279 e. The quantitative estimate of drug-likeness (QED) is 0.316. The standard InChI is InChI=1S/C25H22FN3O4S/c1-4-11-33-19-10-9-15(12-20(19)32-3)17-13-21(30)27-23-22(17)24(31)28-25(29(23)2)34-14-16-7-5-6-8-18(16)26/h1,5-10,12,17H,11,13-14H2,2-3H3,(H,27,30). The van der Waals surface area contributed by atoms with Gasteiger partial charge in [-0.3, -0.25) is 9.59 Å². The summed E-state index contributed by atoms with van der Waals surface area (Å²) in [6, 6.07) is 11.7. The number of hydrogen-bond donors (Lipinski definition) is 1. The molecule has 0 aliphatic carbocycles. The highest BCUT2D eigenvalue weighted by molar-refractivity contribution is 7.98. The Hall–Kier alpha value is -3.77. The minimum atomic E-state index is -0.517. The summed E-state index contributed by atoms with van der Waals surface area (Å²) in [6.07, 6.45) is 5.35. The van der Waals surface area contributed by atoms with Crippen LogP contribution in [0.4, 0.5) is 10.2 Å². The molecule has 4 rings (SSSR count). The molecule has 0 radical (unpaired) electrons. The summed E-state index contributed by atoms with van der Waals surface area (Å²) in [7, 11) is 3.22. The number of terminal acetylenes is 1. The number of benzene rings is 2. The zero-order valence-corrected chi connectivity index (χ0v) is 19.4. The Labute approximate surface area is 200 Å². The van der Waals surface area contributed by atoms with Crippen molar-refractivity contribution in [3.8, 4) is 23.8 Å². The van der Waals surface area contributed by atoms with Crippen LogP contribution in [0.3, 0.4) is 0 Å². The number of aromatic nitrogens is 2. The highest BCUT2D eigenvalue weighted by atomic mass is 32.2. The average molecular weight is 480 g/mol. The molecule has 174 valence electrons. The van der Waals surface area contributed by atoms with E-state index >= 15 is 0 Å². The molecule has 7 nitrogen and oxygen atoms in total. The van der Waals surface area contributed by atoms with E-state index in [2.05, 4.69) is 16.2 Å². The molecule has 1 amide bonds. The minimum Gasteiger partial charge on any atom is -0.493 e. The van der Waals surface area contributed by atoms with Gasteiger partial charge in [-0.05, 0) is 29.3 Å². The molecule has 0 saturated carbocycles. The van der Waals surface area contributed by atoms with Gasteiger partial charge < -0.3 is 19.4 Å². The number of thioether (sulfide) groups is 1. The number of rotatable bonds is 7. The third kappa shape index (κ3) is 4.63. The Morgan fingerprint density at radius 2 is 2.06 bits per heavy atom. The Balaban J connectivity index is 1.70. The van der Waals surface area contributed by atoms with E-state index in [4.69, 9.17) is 15.9 Å². The molecular weight excluding hydrogens is 457 g/mol. The highest BCUT2D eigenvalue weighted by Gasteiger charge is 2.32. The first-order valence-corrected chi connectivity index (χ1v) is 11.4. The Bertz CT molecular complexity index is 1350. The summed E-state index contributed by atoms with van der Waals surface area (Å²) in [5.74, 6) is 2.92. The van der Waals surface area contributed by atoms with Crippen LogP contribution in [0.5, 0.6) is 11.5 Å². The summed E-state index contributed by atoms with van der Waals surface area (Å²) in [5.41, 5.74) is 1.16. The predicted octanol–water partition coefficient (Wildman–Crippen LogP) is 3.71. The molecule has 9 heteroatoms. The highest BCUT2D eigenvalue weighted by Crippen LogP contribution is 2.39. The van der Waals surface area contributed by atoms with Crippen LogP contribution in [0, 0.1) is 18.2 Å². The molecule has 0 fully saturated rings. The Morgan fingerprint density at radius 3 is 2.79 bits per heavy atom. The third-order valence-corrected chi connectivity index (χ3v) is 6.60. The normalized spacial score (nSPS) is 14.6. The smallest absolute Gasteiger partial charge is 0.279 e. The molecule has 0 saturated heterocycles. The molecular formula is C25H22FN3O4S. The van der Waals surface area contributed by atoms with Crippen molar-refractivity contribution in [1.29, 1.82) is 0 Å². The van der Waals surface area contributed by atoms with Crippen LogP contribution in [-0.4, -0.2) is 29.2 Å².